The molecule has 3 saturated heterocycles. The van der Waals surface area contributed by atoms with Gasteiger partial charge in [0.05, 0.1) is 25.9 Å². The highest BCUT2D eigenvalue weighted by Gasteiger charge is 2.63. The lowest BCUT2D eigenvalue weighted by Crippen LogP contribution is -2.58. The van der Waals surface area contributed by atoms with Crippen LogP contribution in [0.15, 0.2) is 12.2 Å². The Bertz CT molecular complexity index is 321. The summed E-state index contributed by atoms with van der Waals surface area (Å²) in [7, 11) is 0. The first-order valence-electron chi connectivity index (χ1n) is 6.10. The molecule has 4 nitrogen and oxygen atoms in total. The van der Waals surface area contributed by atoms with Crippen LogP contribution in [-0.4, -0.2) is 38.0 Å². The van der Waals surface area contributed by atoms with Crippen LogP contribution in [0.1, 0.15) is 12.8 Å². The van der Waals surface area contributed by atoms with Crippen LogP contribution < -0.4 is 0 Å². The Labute approximate surface area is 94.5 Å². The van der Waals surface area contributed by atoms with Crippen molar-refractivity contribution in [3.8, 4) is 0 Å². The van der Waals surface area contributed by atoms with Gasteiger partial charge in [0.25, 0.3) is 0 Å². The maximum atomic E-state index is 5.90. The molecule has 0 aromatic rings. The van der Waals surface area contributed by atoms with Gasteiger partial charge < -0.3 is 18.9 Å². The third-order valence-electron chi connectivity index (χ3n) is 4.25. The summed E-state index contributed by atoms with van der Waals surface area (Å²) in [5.41, 5.74) is 0. The predicted octanol–water partition coefficient (Wildman–Crippen LogP) is 1.07. The van der Waals surface area contributed by atoms with Crippen molar-refractivity contribution >= 4 is 0 Å². The van der Waals surface area contributed by atoms with Gasteiger partial charge in [0.2, 0.25) is 12.1 Å². The summed E-state index contributed by atoms with van der Waals surface area (Å²) >= 11 is 0. The minimum Gasteiger partial charge on any atom is -0.345 e. The first-order valence-corrected chi connectivity index (χ1v) is 6.10. The van der Waals surface area contributed by atoms with E-state index in [0.29, 0.717) is 31.7 Å². The zero-order valence-corrected chi connectivity index (χ0v) is 9.13. The van der Waals surface area contributed by atoms with Crippen molar-refractivity contribution in [3.63, 3.8) is 0 Å². The van der Waals surface area contributed by atoms with Crippen molar-refractivity contribution in [3.05, 3.63) is 12.2 Å². The Kier molecular flexibility index (Phi) is 1.97. The highest BCUT2D eigenvalue weighted by atomic mass is 16.8. The molecule has 16 heavy (non-hydrogen) atoms. The van der Waals surface area contributed by atoms with Gasteiger partial charge >= 0.3 is 0 Å². The Morgan fingerprint density at radius 2 is 1.88 bits per heavy atom. The largest absolute Gasteiger partial charge is 0.345 e. The molecule has 0 amide bonds. The van der Waals surface area contributed by atoms with E-state index in [9.17, 15) is 0 Å². The van der Waals surface area contributed by atoms with Gasteiger partial charge in [0, 0.05) is 5.92 Å². The number of ether oxygens (including phenoxy) is 4. The highest BCUT2D eigenvalue weighted by molar-refractivity contribution is 5.07. The smallest absolute Gasteiger partial charge is 0.224 e. The van der Waals surface area contributed by atoms with Crippen LogP contribution in [0, 0.1) is 11.8 Å². The molecule has 0 saturated carbocycles. The fourth-order valence-corrected chi connectivity index (χ4v) is 3.53. The van der Waals surface area contributed by atoms with E-state index >= 15 is 0 Å². The predicted molar refractivity (Wildman–Crippen MR) is 54.6 cm³/mol. The second-order valence-electron chi connectivity index (χ2n) is 4.97. The standard InChI is InChI=1S/C12H16O4/c1-2-4-9-8(3-1)10-7-13-11(16-10)12(9)14-5-6-15-12/h1-2,8-11H,3-7H2/t8-,9+,10+,11+/m0/s1. The Hall–Kier alpha value is -0.420. The Morgan fingerprint density at radius 3 is 2.75 bits per heavy atom. The van der Waals surface area contributed by atoms with Crippen molar-refractivity contribution in [2.45, 2.75) is 31.0 Å². The molecule has 88 valence electrons. The molecule has 4 rings (SSSR count). The Morgan fingerprint density at radius 1 is 1.06 bits per heavy atom. The number of allylic oxidation sites excluding steroid dienone is 2. The van der Waals surface area contributed by atoms with Crippen LogP contribution in [-0.2, 0) is 18.9 Å². The third-order valence-corrected chi connectivity index (χ3v) is 4.25. The molecule has 0 N–H and O–H groups in total. The second-order valence-corrected chi connectivity index (χ2v) is 4.97. The molecule has 4 atom stereocenters. The van der Waals surface area contributed by atoms with Gasteiger partial charge in [-0.15, -0.1) is 0 Å². The van der Waals surface area contributed by atoms with Gasteiger partial charge in [-0.1, -0.05) is 12.2 Å². The molecule has 3 aliphatic heterocycles. The lowest BCUT2D eigenvalue weighted by atomic mass is 9.73. The quantitative estimate of drug-likeness (QED) is 0.577. The van der Waals surface area contributed by atoms with E-state index in [1.807, 2.05) is 0 Å². The zero-order valence-electron chi connectivity index (χ0n) is 9.13. The maximum absolute atomic E-state index is 5.90. The molecular formula is C12H16O4. The summed E-state index contributed by atoms with van der Waals surface area (Å²) in [5.74, 6) is 0.260. The number of hydrogen-bond donors (Lipinski definition) is 0. The van der Waals surface area contributed by atoms with Crippen LogP contribution in [0.25, 0.3) is 0 Å². The van der Waals surface area contributed by atoms with E-state index in [4.69, 9.17) is 18.9 Å². The van der Waals surface area contributed by atoms with Crippen LogP contribution in [0.2, 0.25) is 0 Å². The van der Waals surface area contributed by atoms with Gasteiger partial charge in [0.1, 0.15) is 0 Å². The highest BCUT2D eigenvalue weighted by Crippen LogP contribution is 2.51. The summed E-state index contributed by atoms with van der Waals surface area (Å²) in [6, 6.07) is 0. The molecule has 0 radical (unpaired) electrons. The second kappa shape index (κ2) is 3.29. The van der Waals surface area contributed by atoms with Crippen molar-refractivity contribution in [2.24, 2.45) is 11.8 Å². The number of rotatable bonds is 0. The van der Waals surface area contributed by atoms with Crippen molar-refractivity contribution in [2.75, 3.05) is 19.8 Å². The number of hydrogen-bond acceptors (Lipinski definition) is 4. The monoisotopic (exact) mass is 224 g/mol. The van der Waals surface area contributed by atoms with E-state index in [2.05, 4.69) is 12.2 Å². The molecule has 2 bridgehead atoms. The fourth-order valence-electron chi connectivity index (χ4n) is 3.53. The zero-order chi connectivity index (χ0) is 10.6. The van der Waals surface area contributed by atoms with E-state index in [-0.39, 0.29) is 12.4 Å². The van der Waals surface area contributed by atoms with Crippen LogP contribution in [0.3, 0.4) is 0 Å². The van der Waals surface area contributed by atoms with E-state index < -0.39 is 5.79 Å². The van der Waals surface area contributed by atoms with Gasteiger partial charge in [-0.2, -0.15) is 0 Å². The van der Waals surface area contributed by atoms with Crippen molar-refractivity contribution in [1.29, 1.82) is 0 Å². The summed E-state index contributed by atoms with van der Waals surface area (Å²) in [6.45, 7) is 2.00. The molecular weight excluding hydrogens is 208 g/mol. The minimum absolute atomic E-state index is 0.235. The molecule has 0 aromatic heterocycles. The molecule has 3 fully saturated rings. The number of fused-ring (bicyclic) bond motifs is 6. The molecule has 3 heterocycles. The van der Waals surface area contributed by atoms with Gasteiger partial charge in [-0.3, -0.25) is 0 Å². The first-order chi connectivity index (χ1) is 7.90. The van der Waals surface area contributed by atoms with Gasteiger partial charge in [-0.05, 0) is 18.8 Å². The fraction of sp³-hybridized carbons (Fsp3) is 0.833. The minimum atomic E-state index is -0.623. The van der Waals surface area contributed by atoms with E-state index in [1.165, 1.54) is 0 Å². The molecule has 0 unspecified atom stereocenters. The van der Waals surface area contributed by atoms with Gasteiger partial charge in [0.15, 0.2) is 0 Å². The Balaban J connectivity index is 1.76. The summed E-state index contributed by atoms with van der Waals surface area (Å²) in [4.78, 5) is 0. The van der Waals surface area contributed by atoms with Gasteiger partial charge in [-0.25, -0.2) is 0 Å². The molecule has 0 aromatic carbocycles. The molecule has 4 aliphatic rings. The van der Waals surface area contributed by atoms with E-state index in [1.54, 1.807) is 0 Å². The lowest BCUT2D eigenvalue weighted by Gasteiger charge is -2.47. The average molecular weight is 224 g/mol. The molecule has 4 heteroatoms. The summed E-state index contributed by atoms with van der Waals surface area (Å²) < 4.78 is 23.4. The van der Waals surface area contributed by atoms with Crippen LogP contribution in [0.5, 0.6) is 0 Å². The molecule has 1 spiro atoms. The van der Waals surface area contributed by atoms with Crippen LogP contribution in [0.4, 0.5) is 0 Å². The van der Waals surface area contributed by atoms with Crippen molar-refractivity contribution < 1.29 is 18.9 Å². The maximum Gasteiger partial charge on any atom is 0.224 e. The topological polar surface area (TPSA) is 36.9 Å². The normalized spacial score (nSPS) is 48.5. The average Bonchev–Trinajstić information content (AvgIpc) is 2.95. The summed E-state index contributed by atoms with van der Waals surface area (Å²) in [5, 5.41) is 0. The van der Waals surface area contributed by atoms with Crippen molar-refractivity contribution in [1.82, 2.24) is 0 Å². The SMILES string of the molecule is C1=CC[C@@H]2[C@H](C1)[C@H]1CO[C@H](O1)C21OCCO1. The molecule has 1 aliphatic carbocycles. The third kappa shape index (κ3) is 1.08. The lowest BCUT2D eigenvalue weighted by molar-refractivity contribution is -0.339. The summed E-state index contributed by atoms with van der Waals surface area (Å²) in [6.07, 6.45) is 6.47. The van der Waals surface area contributed by atoms with E-state index in [0.717, 1.165) is 12.8 Å². The first kappa shape index (κ1) is 9.59. The van der Waals surface area contributed by atoms with Crippen LogP contribution >= 0.6 is 0 Å².